The quantitative estimate of drug-likeness (QED) is 0.751. The zero-order valence-corrected chi connectivity index (χ0v) is 16.3. The fourth-order valence-electron chi connectivity index (χ4n) is 3.48. The molecule has 7 heteroatoms. The molecule has 0 spiro atoms. The highest BCUT2D eigenvalue weighted by atomic mass is 35.5. The molecule has 0 unspecified atom stereocenters. The maximum absolute atomic E-state index is 12.7. The van der Waals surface area contributed by atoms with Crippen LogP contribution in [0.5, 0.6) is 0 Å². The number of nitrogens with one attached hydrogen (secondary N) is 1. The number of aromatic amines is 1. The SMILES string of the molecule is CCn1cc(CN2CCc3nc(-c4ccc(Cl)cc4)[nH]c(=O)c3C2)c(C)n1. The maximum atomic E-state index is 12.7. The van der Waals surface area contributed by atoms with Crippen LogP contribution in [0.4, 0.5) is 0 Å². The van der Waals surface area contributed by atoms with Crippen LogP contribution in [0.15, 0.2) is 35.3 Å². The van der Waals surface area contributed by atoms with Gasteiger partial charge in [0.15, 0.2) is 0 Å². The van der Waals surface area contributed by atoms with Crippen molar-refractivity contribution in [3.63, 3.8) is 0 Å². The minimum Gasteiger partial charge on any atom is -0.306 e. The summed E-state index contributed by atoms with van der Waals surface area (Å²) in [5, 5.41) is 5.17. The van der Waals surface area contributed by atoms with E-state index in [1.54, 1.807) is 12.1 Å². The Bertz CT molecular complexity index is 1020. The lowest BCUT2D eigenvalue weighted by molar-refractivity contribution is 0.241. The largest absolute Gasteiger partial charge is 0.306 e. The fourth-order valence-corrected chi connectivity index (χ4v) is 3.60. The van der Waals surface area contributed by atoms with Crippen molar-refractivity contribution < 1.29 is 0 Å². The molecule has 1 aliphatic rings. The van der Waals surface area contributed by atoms with Crippen molar-refractivity contribution in [3.8, 4) is 11.4 Å². The number of nitrogens with zero attached hydrogens (tertiary/aromatic N) is 4. The Kier molecular flexibility index (Phi) is 4.85. The summed E-state index contributed by atoms with van der Waals surface area (Å²) in [5.74, 6) is 0.601. The molecule has 0 saturated carbocycles. The number of aryl methyl sites for hydroxylation is 2. The summed E-state index contributed by atoms with van der Waals surface area (Å²) in [7, 11) is 0. The van der Waals surface area contributed by atoms with Crippen molar-refractivity contribution in [2.24, 2.45) is 0 Å². The van der Waals surface area contributed by atoms with Crippen molar-refractivity contribution in [3.05, 3.63) is 68.4 Å². The van der Waals surface area contributed by atoms with Crippen LogP contribution in [0.25, 0.3) is 11.4 Å². The van der Waals surface area contributed by atoms with Gasteiger partial charge in [-0.05, 0) is 38.1 Å². The van der Waals surface area contributed by atoms with E-state index in [1.165, 1.54) is 5.56 Å². The smallest absolute Gasteiger partial charge is 0.255 e. The number of fused-ring (bicyclic) bond motifs is 1. The number of aromatic nitrogens is 4. The minimum atomic E-state index is -0.0596. The first-order valence-electron chi connectivity index (χ1n) is 9.16. The van der Waals surface area contributed by atoms with Gasteiger partial charge in [-0.1, -0.05) is 11.6 Å². The van der Waals surface area contributed by atoms with Gasteiger partial charge in [0, 0.05) is 54.9 Å². The third kappa shape index (κ3) is 3.68. The van der Waals surface area contributed by atoms with Crippen LogP contribution in [0.1, 0.15) is 29.4 Å². The average Bonchev–Trinajstić information content (AvgIpc) is 3.02. The summed E-state index contributed by atoms with van der Waals surface area (Å²) >= 11 is 5.95. The van der Waals surface area contributed by atoms with Gasteiger partial charge in [0.05, 0.1) is 17.0 Å². The first-order chi connectivity index (χ1) is 13.0. The van der Waals surface area contributed by atoms with Crippen LogP contribution in [-0.4, -0.2) is 31.2 Å². The van der Waals surface area contributed by atoms with Crippen LogP contribution < -0.4 is 5.56 Å². The monoisotopic (exact) mass is 383 g/mol. The van der Waals surface area contributed by atoms with Crippen LogP contribution in [0.3, 0.4) is 0 Å². The highest BCUT2D eigenvalue weighted by Gasteiger charge is 2.22. The highest BCUT2D eigenvalue weighted by molar-refractivity contribution is 6.30. The molecule has 3 heterocycles. The lowest BCUT2D eigenvalue weighted by Gasteiger charge is -2.27. The van der Waals surface area contributed by atoms with Crippen LogP contribution in [0, 0.1) is 6.92 Å². The topological polar surface area (TPSA) is 66.8 Å². The van der Waals surface area contributed by atoms with E-state index in [1.807, 2.05) is 23.7 Å². The molecule has 0 amide bonds. The summed E-state index contributed by atoms with van der Waals surface area (Å²) in [6.07, 6.45) is 2.86. The van der Waals surface area contributed by atoms with Gasteiger partial charge in [-0.2, -0.15) is 5.10 Å². The fraction of sp³-hybridized carbons (Fsp3) is 0.350. The molecule has 2 aromatic heterocycles. The molecule has 1 aromatic carbocycles. The van der Waals surface area contributed by atoms with Crippen molar-refractivity contribution in [2.75, 3.05) is 6.54 Å². The summed E-state index contributed by atoms with van der Waals surface area (Å²) in [4.78, 5) is 22.6. The van der Waals surface area contributed by atoms with E-state index >= 15 is 0 Å². The van der Waals surface area contributed by atoms with E-state index < -0.39 is 0 Å². The number of benzene rings is 1. The Labute approximate surface area is 162 Å². The predicted molar refractivity (Wildman–Crippen MR) is 106 cm³/mol. The Morgan fingerprint density at radius 2 is 2.04 bits per heavy atom. The van der Waals surface area contributed by atoms with E-state index in [4.69, 9.17) is 16.6 Å². The summed E-state index contributed by atoms with van der Waals surface area (Å²) in [6, 6.07) is 7.35. The third-order valence-corrected chi connectivity index (χ3v) is 5.28. The second-order valence-corrected chi connectivity index (χ2v) is 7.34. The van der Waals surface area contributed by atoms with Gasteiger partial charge in [-0.25, -0.2) is 4.98 Å². The standard InChI is InChI=1S/C20H22ClN5O/c1-3-26-11-15(13(2)24-26)10-25-9-8-18-17(12-25)20(27)23-19(22-18)14-4-6-16(21)7-5-14/h4-7,11H,3,8-10,12H2,1-2H3,(H,22,23,27). The van der Waals surface area contributed by atoms with E-state index in [2.05, 4.69) is 28.1 Å². The molecule has 4 rings (SSSR count). The molecule has 0 saturated heterocycles. The van der Waals surface area contributed by atoms with E-state index in [9.17, 15) is 4.79 Å². The molecule has 0 radical (unpaired) electrons. The van der Waals surface area contributed by atoms with Crippen molar-refractivity contribution in [2.45, 2.75) is 39.9 Å². The molecule has 0 bridgehead atoms. The van der Waals surface area contributed by atoms with Gasteiger partial charge in [0.2, 0.25) is 0 Å². The summed E-state index contributed by atoms with van der Waals surface area (Å²) in [6.45, 7) is 7.25. The predicted octanol–water partition coefficient (Wildman–Crippen LogP) is 3.17. The van der Waals surface area contributed by atoms with E-state index in [0.717, 1.165) is 48.6 Å². The van der Waals surface area contributed by atoms with Crippen LogP contribution in [0.2, 0.25) is 5.02 Å². The maximum Gasteiger partial charge on any atom is 0.255 e. The van der Waals surface area contributed by atoms with Crippen LogP contribution >= 0.6 is 11.6 Å². The summed E-state index contributed by atoms with van der Waals surface area (Å²) < 4.78 is 1.95. The highest BCUT2D eigenvalue weighted by Crippen LogP contribution is 2.21. The third-order valence-electron chi connectivity index (χ3n) is 5.03. The first-order valence-corrected chi connectivity index (χ1v) is 9.54. The lowest BCUT2D eigenvalue weighted by Crippen LogP contribution is -2.35. The van der Waals surface area contributed by atoms with E-state index in [0.29, 0.717) is 17.4 Å². The Morgan fingerprint density at radius 1 is 1.26 bits per heavy atom. The number of hydrogen-bond donors (Lipinski definition) is 1. The molecule has 1 aliphatic heterocycles. The molecule has 140 valence electrons. The molecular formula is C20H22ClN5O. The van der Waals surface area contributed by atoms with Gasteiger partial charge in [0.1, 0.15) is 5.82 Å². The van der Waals surface area contributed by atoms with Gasteiger partial charge >= 0.3 is 0 Å². The van der Waals surface area contributed by atoms with Crippen LogP contribution in [-0.2, 0) is 26.1 Å². The number of rotatable bonds is 4. The van der Waals surface area contributed by atoms with Gasteiger partial charge in [0.25, 0.3) is 5.56 Å². The Balaban J connectivity index is 1.57. The van der Waals surface area contributed by atoms with Crippen molar-refractivity contribution >= 4 is 11.6 Å². The molecule has 0 atom stereocenters. The number of H-pyrrole nitrogens is 1. The zero-order valence-electron chi connectivity index (χ0n) is 15.5. The first kappa shape index (κ1) is 17.9. The Morgan fingerprint density at radius 3 is 2.74 bits per heavy atom. The average molecular weight is 384 g/mol. The summed E-state index contributed by atoms with van der Waals surface area (Å²) in [5.41, 5.74) is 4.72. The molecule has 0 fully saturated rings. The van der Waals surface area contributed by atoms with Gasteiger partial charge in [-0.3, -0.25) is 14.4 Å². The molecule has 27 heavy (non-hydrogen) atoms. The molecule has 0 aliphatic carbocycles. The van der Waals surface area contributed by atoms with E-state index in [-0.39, 0.29) is 5.56 Å². The molecule has 3 aromatic rings. The van der Waals surface area contributed by atoms with Gasteiger partial charge < -0.3 is 4.98 Å². The zero-order chi connectivity index (χ0) is 19.0. The normalized spacial score (nSPS) is 14.3. The molecule has 6 nitrogen and oxygen atoms in total. The Hall–Kier alpha value is -2.44. The minimum absolute atomic E-state index is 0.0596. The number of halogens is 1. The molecular weight excluding hydrogens is 362 g/mol. The van der Waals surface area contributed by atoms with Crippen molar-refractivity contribution in [1.82, 2.24) is 24.6 Å². The second kappa shape index (κ2) is 7.29. The van der Waals surface area contributed by atoms with Crippen molar-refractivity contribution in [1.29, 1.82) is 0 Å². The van der Waals surface area contributed by atoms with Gasteiger partial charge in [-0.15, -0.1) is 0 Å². The molecule has 1 N–H and O–H groups in total. The second-order valence-electron chi connectivity index (χ2n) is 6.90. The number of hydrogen-bond acceptors (Lipinski definition) is 4. The lowest BCUT2D eigenvalue weighted by atomic mass is 10.1.